The number of ether oxygens (including phenoxy) is 1. The van der Waals surface area contributed by atoms with E-state index in [0.717, 1.165) is 16.0 Å². The summed E-state index contributed by atoms with van der Waals surface area (Å²) in [6.07, 6.45) is -1.27. The molecule has 2 aromatic carbocycles. The zero-order chi connectivity index (χ0) is 23.7. The highest BCUT2D eigenvalue weighted by molar-refractivity contribution is 6.35. The van der Waals surface area contributed by atoms with E-state index in [9.17, 15) is 24.0 Å². The first-order valence-corrected chi connectivity index (χ1v) is 9.92. The number of aryl methyl sites for hydroxylation is 2. The zero-order valence-electron chi connectivity index (χ0n) is 18.1. The van der Waals surface area contributed by atoms with Gasteiger partial charge >= 0.3 is 12.0 Å². The number of nitrogens with two attached hydrogens (primary N) is 1. The van der Waals surface area contributed by atoms with Crippen molar-refractivity contribution in [1.29, 1.82) is 0 Å². The highest BCUT2D eigenvalue weighted by Gasteiger charge is 2.38. The molecule has 0 saturated heterocycles. The van der Waals surface area contributed by atoms with Gasteiger partial charge in [0.1, 0.15) is 0 Å². The summed E-state index contributed by atoms with van der Waals surface area (Å²) < 4.78 is 5.26. The van der Waals surface area contributed by atoms with Crippen LogP contribution >= 0.6 is 0 Å². The summed E-state index contributed by atoms with van der Waals surface area (Å²) >= 11 is 0. The van der Waals surface area contributed by atoms with Gasteiger partial charge in [0.05, 0.1) is 22.4 Å². The van der Waals surface area contributed by atoms with Crippen LogP contribution < -0.4 is 16.0 Å². The summed E-state index contributed by atoms with van der Waals surface area (Å²) in [6.45, 7) is 6.91. The number of fused-ring (bicyclic) bond motifs is 1. The molecule has 32 heavy (non-hydrogen) atoms. The SMILES string of the molecule is Cc1ccc(C)c(N2C(=O)c3ccc(C(=O)OC(C(=O)NC(N)=O)C(C)C)cc3C2=O)c1. The summed E-state index contributed by atoms with van der Waals surface area (Å²) in [5, 5.41) is 1.89. The maximum absolute atomic E-state index is 13.0. The first kappa shape index (κ1) is 22.7. The molecule has 0 aromatic heterocycles. The maximum atomic E-state index is 13.0. The fraction of sp³-hybridized carbons (Fsp3) is 0.261. The van der Waals surface area contributed by atoms with E-state index < -0.39 is 41.7 Å². The lowest BCUT2D eigenvalue weighted by atomic mass is 10.0. The van der Waals surface area contributed by atoms with Crippen molar-refractivity contribution in [2.24, 2.45) is 11.7 Å². The molecule has 2 aromatic rings. The largest absolute Gasteiger partial charge is 0.448 e. The number of anilines is 1. The fourth-order valence-electron chi connectivity index (χ4n) is 3.42. The minimum Gasteiger partial charge on any atom is -0.448 e. The number of esters is 1. The van der Waals surface area contributed by atoms with Crippen LogP contribution in [0.25, 0.3) is 0 Å². The molecule has 0 fully saturated rings. The molecule has 0 bridgehead atoms. The molecule has 0 radical (unpaired) electrons. The third kappa shape index (κ3) is 4.22. The second-order valence-corrected chi connectivity index (χ2v) is 7.92. The fourth-order valence-corrected chi connectivity index (χ4v) is 3.42. The van der Waals surface area contributed by atoms with Gasteiger partial charge in [-0.15, -0.1) is 0 Å². The first-order chi connectivity index (χ1) is 15.0. The summed E-state index contributed by atoms with van der Waals surface area (Å²) in [4.78, 5) is 62.8. The average molecular weight is 437 g/mol. The minimum atomic E-state index is -1.27. The first-order valence-electron chi connectivity index (χ1n) is 9.92. The molecular formula is C23H23N3O6. The van der Waals surface area contributed by atoms with Gasteiger partial charge in [-0.3, -0.25) is 19.7 Å². The Morgan fingerprint density at radius 2 is 1.62 bits per heavy atom. The van der Waals surface area contributed by atoms with Crippen molar-refractivity contribution in [3.8, 4) is 0 Å². The third-order valence-corrected chi connectivity index (χ3v) is 5.07. The molecule has 9 nitrogen and oxygen atoms in total. The van der Waals surface area contributed by atoms with Gasteiger partial charge in [-0.1, -0.05) is 26.0 Å². The van der Waals surface area contributed by atoms with Crippen molar-refractivity contribution in [2.75, 3.05) is 4.90 Å². The molecule has 1 aliphatic heterocycles. The standard InChI is InChI=1S/C23H23N3O6/c1-11(2)18(19(27)25-23(24)31)32-22(30)14-7-8-15-16(10-14)21(29)26(20(15)28)17-9-12(3)5-6-13(17)4/h5-11,18H,1-4H3,(H3,24,25,27,31). The van der Waals surface area contributed by atoms with Crippen LogP contribution in [-0.2, 0) is 9.53 Å². The molecule has 3 rings (SSSR count). The van der Waals surface area contributed by atoms with Gasteiger partial charge < -0.3 is 10.5 Å². The number of urea groups is 1. The highest BCUT2D eigenvalue weighted by atomic mass is 16.5. The van der Waals surface area contributed by atoms with Gasteiger partial charge in [0, 0.05) is 0 Å². The Bertz CT molecular complexity index is 1150. The van der Waals surface area contributed by atoms with Crippen LogP contribution in [0.5, 0.6) is 0 Å². The summed E-state index contributed by atoms with van der Waals surface area (Å²) in [5.41, 5.74) is 7.30. The molecule has 5 amide bonds. The number of hydrogen-bond acceptors (Lipinski definition) is 6. The summed E-state index contributed by atoms with van der Waals surface area (Å²) in [6, 6.07) is 8.38. The van der Waals surface area contributed by atoms with E-state index in [1.807, 2.05) is 24.4 Å². The second kappa shape index (κ2) is 8.62. The van der Waals surface area contributed by atoms with E-state index in [1.165, 1.54) is 18.2 Å². The lowest BCUT2D eigenvalue weighted by molar-refractivity contribution is -0.130. The number of carbonyl (C=O) groups is 5. The Kier molecular flexibility index (Phi) is 6.11. The number of hydrogen-bond donors (Lipinski definition) is 2. The summed E-state index contributed by atoms with van der Waals surface area (Å²) in [7, 11) is 0. The number of carbonyl (C=O) groups excluding carboxylic acids is 5. The normalized spacial score (nSPS) is 13.7. The van der Waals surface area contributed by atoms with Gasteiger partial charge in [-0.2, -0.15) is 0 Å². The Hall–Kier alpha value is -4.01. The van der Waals surface area contributed by atoms with E-state index >= 15 is 0 Å². The van der Waals surface area contributed by atoms with Crippen LogP contribution in [0.2, 0.25) is 0 Å². The lowest BCUT2D eigenvalue weighted by Crippen LogP contribution is -2.45. The quantitative estimate of drug-likeness (QED) is 0.545. The monoisotopic (exact) mass is 437 g/mol. The molecule has 1 unspecified atom stereocenters. The molecule has 0 aliphatic carbocycles. The van der Waals surface area contributed by atoms with Crippen molar-refractivity contribution in [3.63, 3.8) is 0 Å². The minimum absolute atomic E-state index is 0.00904. The molecule has 9 heteroatoms. The van der Waals surface area contributed by atoms with Crippen molar-refractivity contribution in [2.45, 2.75) is 33.8 Å². The van der Waals surface area contributed by atoms with Crippen molar-refractivity contribution in [1.82, 2.24) is 5.32 Å². The maximum Gasteiger partial charge on any atom is 0.338 e. The highest BCUT2D eigenvalue weighted by Crippen LogP contribution is 2.32. The van der Waals surface area contributed by atoms with E-state index in [1.54, 1.807) is 26.8 Å². The Morgan fingerprint density at radius 1 is 0.969 bits per heavy atom. The van der Waals surface area contributed by atoms with Crippen LogP contribution in [-0.4, -0.2) is 35.8 Å². The Labute approximate surface area is 184 Å². The van der Waals surface area contributed by atoms with Gasteiger partial charge in [-0.25, -0.2) is 14.5 Å². The van der Waals surface area contributed by atoms with E-state index in [2.05, 4.69) is 0 Å². The Balaban J connectivity index is 1.89. The number of imide groups is 2. The van der Waals surface area contributed by atoms with Crippen LogP contribution in [0.4, 0.5) is 10.5 Å². The van der Waals surface area contributed by atoms with Crippen LogP contribution in [0.15, 0.2) is 36.4 Å². The third-order valence-electron chi connectivity index (χ3n) is 5.07. The second-order valence-electron chi connectivity index (χ2n) is 7.92. The number of nitrogens with zero attached hydrogens (tertiary/aromatic N) is 1. The van der Waals surface area contributed by atoms with Crippen molar-refractivity contribution < 1.29 is 28.7 Å². The van der Waals surface area contributed by atoms with E-state index in [-0.39, 0.29) is 16.7 Å². The van der Waals surface area contributed by atoms with Crippen LogP contribution in [0, 0.1) is 19.8 Å². The summed E-state index contributed by atoms with van der Waals surface area (Å²) in [5.74, 6) is -3.22. The zero-order valence-corrected chi connectivity index (χ0v) is 18.1. The number of nitrogens with one attached hydrogen (secondary N) is 1. The van der Waals surface area contributed by atoms with Gasteiger partial charge in [0.2, 0.25) is 0 Å². The van der Waals surface area contributed by atoms with E-state index in [0.29, 0.717) is 5.69 Å². The molecule has 1 atom stereocenters. The van der Waals surface area contributed by atoms with Gasteiger partial charge in [-0.05, 0) is 55.2 Å². The number of benzene rings is 2. The number of rotatable bonds is 5. The molecule has 166 valence electrons. The molecule has 1 heterocycles. The van der Waals surface area contributed by atoms with Gasteiger partial charge in [0.25, 0.3) is 17.7 Å². The molecular weight excluding hydrogens is 414 g/mol. The molecule has 0 spiro atoms. The predicted octanol–water partition coefficient (Wildman–Crippen LogP) is 2.48. The molecule has 3 N–H and O–H groups in total. The number of primary amides is 1. The lowest BCUT2D eigenvalue weighted by Gasteiger charge is -2.19. The predicted molar refractivity (Wildman–Crippen MR) is 115 cm³/mol. The Morgan fingerprint density at radius 3 is 2.25 bits per heavy atom. The molecule has 0 saturated carbocycles. The topological polar surface area (TPSA) is 136 Å². The van der Waals surface area contributed by atoms with Crippen molar-refractivity contribution in [3.05, 3.63) is 64.2 Å². The van der Waals surface area contributed by atoms with Crippen LogP contribution in [0.3, 0.4) is 0 Å². The number of amides is 5. The molecule has 1 aliphatic rings. The van der Waals surface area contributed by atoms with Gasteiger partial charge in [0.15, 0.2) is 6.10 Å². The van der Waals surface area contributed by atoms with Crippen molar-refractivity contribution >= 4 is 35.4 Å². The van der Waals surface area contributed by atoms with Crippen LogP contribution in [0.1, 0.15) is 56.0 Å². The smallest absolute Gasteiger partial charge is 0.338 e. The van der Waals surface area contributed by atoms with E-state index in [4.69, 9.17) is 10.5 Å². The average Bonchev–Trinajstić information content (AvgIpc) is 2.96.